The number of furan rings is 1. The maximum atomic E-state index is 13.0. The van der Waals surface area contributed by atoms with Crippen LogP contribution in [-0.2, 0) is 0 Å². The van der Waals surface area contributed by atoms with Crippen LogP contribution >= 0.6 is 0 Å². The van der Waals surface area contributed by atoms with Crippen molar-refractivity contribution in [1.29, 1.82) is 0 Å². The lowest BCUT2D eigenvalue weighted by Gasteiger charge is -2.12. The molecule has 0 radical (unpaired) electrons. The third kappa shape index (κ3) is 4.51. The summed E-state index contributed by atoms with van der Waals surface area (Å²) < 4.78 is 10.5. The summed E-state index contributed by atoms with van der Waals surface area (Å²) in [7, 11) is 0. The monoisotopic (exact) mass is 683 g/mol. The van der Waals surface area contributed by atoms with Crippen molar-refractivity contribution in [3.05, 3.63) is 162 Å². The van der Waals surface area contributed by atoms with Gasteiger partial charge in [-0.2, -0.15) is 4.98 Å². The molecule has 6 heterocycles. The van der Waals surface area contributed by atoms with E-state index in [2.05, 4.69) is 50.9 Å². The summed E-state index contributed by atoms with van der Waals surface area (Å²) in [5.74, 6) is 1.61. The highest BCUT2D eigenvalue weighted by molar-refractivity contribution is 6.10. The Balaban J connectivity index is 1.14. The molecule has 0 N–H and O–H groups in total. The predicted octanol–water partition coefficient (Wildman–Crippen LogP) is 9.43. The first-order chi connectivity index (χ1) is 26.2. The van der Waals surface area contributed by atoms with Crippen LogP contribution in [0.25, 0.3) is 100 Å². The van der Waals surface area contributed by atoms with E-state index in [0.29, 0.717) is 34.2 Å². The molecule has 0 aliphatic heterocycles. The molecule has 0 saturated carbocycles. The Kier molecular flexibility index (Phi) is 6.20. The predicted molar refractivity (Wildman–Crippen MR) is 208 cm³/mol. The van der Waals surface area contributed by atoms with Crippen LogP contribution in [0.4, 0.5) is 0 Å². The van der Waals surface area contributed by atoms with Gasteiger partial charge in [0.1, 0.15) is 16.8 Å². The number of hydrogen-bond acceptors (Lipinski definition) is 7. The lowest BCUT2D eigenvalue weighted by atomic mass is 10.1. The summed E-state index contributed by atoms with van der Waals surface area (Å²) >= 11 is 0. The second-order valence-corrected chi connectivity index (χ2v) is 12.9. The molecule has 0 unspecified atom stereocenters. The van der Waals surface area contributed by atoms with E-state index in [0.717, 1.165) is 66.1 Å². The van der Waals surface area contributed by atoms with Gasteiger partial charge in [0.25, 0.3) is 5.56 Å². The highest BCUT2D eigenvalue weighted by atomic mass is 16.3. The van der Waals surface area contributed by atoms with Crippen molar-refractivity contribution in [1.82, 2.24) is 33.9 Å². The van der Waals surface area contributed by atoms with Crippen LogP contribution in [0.5, 0.6) is 0 Å². The average molecular weight is 684 g/mol. The van der Waals surface area contributed by atoms with Gasteiger partial charge in [0.05, 0.1) is 22.0 Å². The number of nitrogens with zero attached hydrogens (tertiary/aromatic N) is 7. The molecule has 0 spiro atoms. The number of rotatable bonds is 4. The van der Waals surface area contributed by atoms with Gasteiger partial charge in [0.15, 0.2) is 23.1 Å². The molecule has 0 fully saturated rings. The maximum absolute atomic E-state index is 13.0. The maximum Gasteiger partial charge on any atom is 0.282 e. The Bertz CT molecular complexity index is 3330. The molecular weight excluding hydrogens is 659 g/mol. The van der Waals surface area contributed by atoms with Crippen molar-refractivity contribution >= 4 is 60.4 Å². The van der Waals surface area contributed by atoms with E-state index in [1.54, 1.807) is 18.3 Å². The lowest BCUT2D eigenvalue weighted by Crippen LogP contribution is -2.11. The van der Waals surface area contributed by atoms with Crippen molar-refractivity contribution in [2.24, 2.45) is 0 Å². The van der Waals surface area contributed by atoms with Crippen LogP contribution in [0.15, 0.2) is 161 Å². The minimum atomic E-state index is -0.310. The molecule has 248 valence electrons. The van der Waals surface area contributed by atoms with E-state index in [4.69, 9.17) is 19.4 Å². The van der Waals surface area contributed by atoms with E-state index >= 15 is 0 Å². The quantitative estimate of drug-likeness (QED) is 0.170. The normalized spacial score (nSPS) is 11.8. The van der Waals surface area contributed by atoms with Gasteiger partial charge in [0.2, 0.25) is 0 Å². The molecule has 0 aliphatic carbocycles. The molecule has 0 bridgehead atoms. The van der Waals surface area contributed by atoms with Crippen molar-refractivity contribution in [2.75, 3.05) is 0 Å². The molecule has 9 heteroatoms. The first-order valence-electron chi connectivity index (χ1n) is 17.2. The summed E-state index contributed by atoms with van der Waals surface area (Å²) in [6, 6.07) is 46.0. The van der Waals surface area contributed by atoms with Crippen LogP contribution in [0.3, 0.4) is 0 Å². The van der Waals surface area contributed by atoms with E-state index < -0.39 is 0 Å². The summed E-state index contributed by atoms with van der Waals surface area (Å²) in [5.41, 5.74) is 7.62. The molecule has 11 aromatic rings. The zero-order valence-electron chi connectivity index (χ0n) is 27.9. The number of benzene rings is 5. The van der Waals surface area contributed by atoms with Crippen LogP contribution in [0.2, 0.25) is 0 Å². The minimum Gasteiger partial charge on any atom is -0.455 e. The van der Waals surface area contributed by atoms with Crippen molar-refractivity contribution in [2.45, 2.75) is 0 Å². The highest BCUT2D eigenvalue weighted by Gasteiger charge is 2.20. The Morgan fingerprint density at radius 1 is 0.528 bits per heavy atom. The van der Waals surface area contributed by atoms with Gasteiger partial charge < -0.3 is 8.98 Å². The van der Waals surface area contributed by atoms with E-state index in [1.165, 1.54) is 0 Å². The van der Waals surface area contributed by atoms with Crippen LogP contribution < -0.4 is 5.56 Å². The van der Waals surface area contributed by atoms with Gasteiger partial charge >= 0.3 is 0 Å². The molecular formula is C44H25N7O2. The Morgan fingerprint density at radius 2 is 1.25 bits per heavy atom. The largest absolute Gasteiger partial charge is 0.455 e. The molecule has 0 amide bonds. The van der Waals surface area contributed by atoms with Gasteiger partial charge in [-0.1, -0.05) is 91.0 Å². The molecule has 0 atom stereocenters. The topological polar surface area (TPSA) is 104 Å². The lowest BCUT2D eigenvalue weighted by molar-refractivity contribution is 0.669. The van der Waals surface area contributed by atoms with Crippen LogP contribution in [0.1, 0.15) is 0 Å². The number of para-hydroxylation sites is 3. The van der Waals surface area contributed by atoms with Gasteiger partial charge in [-0.25, -0.2) is 19.9 Å². The fourth-order valence-corrected chi connectivity index (χ4v) is 7.45. The van der Waals surface area contributed by atoms with E-state index in [1.807, 2.05) is 102 Å². The standard InChI is InChI=1S/C44H25N7O2/c52-44-33-19-10-22-45-43(33)50-25-34-29-15-4-6-20-35(29)51(36(34)24-38(50)46-44)28-14-8-13-27(23-28)41-47-40(26-11-2-1-3-12-26)48-42(49-41)32-18-9-17-31-30-16-5-7-21-37(30)53-39(31)32/h1-25H. The van der Waals surface area contributed by atoms with Gasteiger partial charge in [-0.3, -0.25) is 9.20 Å². The number of aromatic nitrogens is 7. The van der Waals surface area contributed by atoms with Crippen molar-refractivity contribution < 1.29 is 4.42 Å². The molecule has 6 aromatic heterocycles. The smallest absolute Gasteiger partial charge is 0.282 e. The van der Waals surface area contributed by atoms with Crippen LogP contribution in [0, 0.1) is 0 Å². The number of pyridine rings is 2. The minimum absolute atomic E-state index is 0.310. The first-order valence-corrected chi connectivity index (χ1v) is 17.2. The van der Waals surface area contributed by atoms with Gasteiger partial charge in [-0.15, -0.1) is 0 Å². The SMILES string of the molecule is O=c1nc2cc3c(cn2c2ncccc12)c1ccccc1n3-c1cccc(-c2nc(-c3ccccc3)nc(-c3cccc4c3oc3ccccc34)n2)c1. The molecule has 9 nitrogen and oxygen atoms in total. The fourth-order valence-electron chi connectivity index (χ4n) is 7.45. The second kappa shape index (κ2) is 11.2. The van der Waals surface area contributed by atoms with E-state index in [9.17, 15) is 4.79 Å². The second-order valence-electron chi connectivity index (χ2n) is 12.9. The summed E-state index contributed by atoms with van der Waals surface area (Å²) in [6.07, 6.45) is 3.72. The Morgan fingerprint density at radius 3 is 2.15 bits per heavy atom. The molecule has 11 rings (SSSR count). The summed E-state index contributed by atoms with van der Waals surface area (Å²) in [5, 5.41) is 4.58. The molecule has 5 aromatic carbocycles. The Labute approximate surface area is 300 Å². The molecule has 0 saturated heterocycles. The third-order valence-electron chi connectivity index (χ3n) is 9.86. The highest BCUT2D eigenvalue weighted by Crippen LogP contribution is 2.37. The number of hydrogen-bond donors (Lipinski definition) is 0. The fraction of sp³-hybridized carbons (Fsp3) is 0. The third-order valence-corrected chi connectivity index (χ3v) is 9.86. The Hall–Kier alpha value is -7.52. The van der Waals surface area contributed by atoms with Crippen molar-refractivity contribution in [3.8, 4) is 39.9 Å². The zero-order chi connectivity index (χ0) is 35.0. The summed E-state index contributed by atoms with van der Waals surface area (Å²) in [4.78, 5) is 37.2. The zero-order valence-corrected chi connectivity index (χ0v) is 27.9. The van der Waals surface area contributed by atoms with Crippen molar-refractivity contribution in [3.63, 3.8) is 0 Å². The van der Waals surface area contributed by atoms with Crippen LogP contribution in [-0.4, -0.2) is 33.9 Å². The van der Waals surface area contributed by atoms with Gasteiger partial charge in [0, 0.05) is 56.8 Å². The first kappa shape index (κ1) is 29.2. The summed E-state index contributed by atoms with van der Waals surface area (Å²) in [6.45, 7) is 0. The molecule has 53 heavy (non-hydrogen) atoms. The number of fused-ring (bicyclic) bond motifs is 9. The molecule has 0 aliphatic rings. The average Bonchev–Trinajstić information content (AvgIpc) is 3.76. The van der Waals surface area contributed by atoms with Gasteiger partial charge in [-0.05, 0) is 42.5 Å². The van der Waals surface area contributed by atoms with E-state index in [-0.39, 0.29) is 5.56 Å².